The molecule has 0 bridgehead atoms. The SMILES string of the molecule is Cc1cc(C)c(S(=O)(=O)N2CCCC(c3nnc(-c4cccs4)o3)C2)c(C)c1. The van der Waals surface area contributed by atoms with Gasteiger partial charge in [-0.1, -0.05) is 23.8 Å². The summed E-state index contributed by atoms with van der Waals surface area (Å²) >= 11 is 1.54. The van der Waals surface area contributed by atoms with Crippen LogP contribution < -0.4 is 0 Å². The number of hydrogen-bond acceptors (Lipinski definition) is 6. The van der Waals surface area contributed by atoms with Crippen LogP contribution in [0.4, 0.5) is 0 Å². The lowest BCUT2D eigenvalue weighted by molar-refractivity contribution is 0.286. The van der Waals surface area contributed by atoms with Gasteiger partial charge in [-0.05, 0) is 56.2 Å². The number of benzene rings is 1. The van der Waals surface area contributed by atoms with E-state index in [1.54, 1.807) is 4.31 Å². The van der Waals surface area contributed by atoms with E-state index in [0.29, 0.717) is 29.8 Å². The second-order valence-corrected chi connectivity index (χ2v) is 10.2. The Hall–Kier alpha value is -2.03. The maximum Gasteiger partial charge on any atom is 0.257 e. The predicted octanol–water partition coefficient (Wildman–Crippen LogP) is 4.29. The minimum Gasteiger partial charge on any atom is -0.420 e. The van der Waals surface area contributed by atoms with E-state index in [1.807, 2.05) is 50.4 Å². The van der Waals surface area contributed by atoms with Crippen LogP contribution >= 0.6 is 11.3 Å². The lowest BCUT2D eigenvalue weighted by Crippen LogP contribution is -2.39. The van der Waals surface area contributed by atoms with Crippen LogP contribution in [0.2, 0.25) is 0 Å². The lowest BCUT2D eigenvalue weighted by Gasteiger charge is -2.31. The van der Waals surface area contributed by atoms with Crippen molar-refractivity contribution in [3.05, 3.63) is 52.2 Å². The summed E-state index contributed by atoms with van der Waals surface area (Å²) in [6.07, 6.45) is 1.61. The molecule has 1 saturated heterocycles. The maximum atomic E-state index is 13.4. The van der Waals surface area contributed by atoms with Crippen molar-refractivity contribution >= 4 is 21.4 Å². The topological polar surface area (TPSA) is 76.3 Å². The van der Waals surface area contributed by atoms with Crippen LogP contribution in [-0.4, -0.2) is 36.0 Å². The zero-order valence-electron chi connectivity index (χ0n) is 16.2. The molecule has 0 saturated carbocycles. The van der Waals surface area contributed by atoms with Crippen LogP contribution in [0.5, 0.6) is 0 Å². The summed E-state index contributed by atoms with van der Waals surface area (Å²) < 4.78 is 34.2. The van der Waals surface area contributed by atoms with E-state index in [9.17, 15) is 8.42 Å². The highest BCUT2D eigenvalue weighted by Crippen LogP contribution is 2.33. The molecule has 0 radical (unpaired) electrons. The Morgan fingerprint density at radius 2 is 1.93 bits per heavy atom. The zero-order valence-corrected chi connectivity index (χ0v) is 17.8. The number of thiophene rings is 1. The van der Waals surface area contributed by atoms with Gasteiger partial charge in [0.15, 0.2) is 0 Å². The highest BCUT2D eigenvalue weighted by molar-refractivity contribution is 7.89. The first-order chi connectivity index (χ1) is 13.4. The van der Waals surface area contributed by atoms with Crippen molar-refractivity contribution in [1.29, 1.82) is 0 Å². The van der Waals surface area contributed by atoms with Gasteiger partial charge in [-0.3, -0.25) is 0 Å². The monoisotopic (exact) mass is 417 g/mol. The number of sulfonamides is 1. The van der Waals surface area contributed by atoms with E-state index < -0.39 is 10.0 Å². The molecule has 0 spiro atoms. The molecule has 0 amide bonds. The molecule has 1 aliphatic rings. The second-order valence-electron chi connectivity index (χ2n) is 7.35. The molecule has 1 fully saturated rings. The summed E-state index contributed by atoms with van der Waals surface area (Å²) in [6, 6.07) is 7.72. The highest BCUT2D eigenvalue weighted by Gasteiger charge is 2.34. The molecule has 148 valence electrons. The number of piperidine rings is 1. The number of hydrogen-bond donors (Lipinski definition) is 0. The van der Waals surface area contributed by atoms with Crippen LogP contribution in [-0.2, 0) is 10.0 Å². The first-order valence-corrected chi connectivity index (χ1v) is 11.6. The number of nitrogens with zero attached hydrogens (tertiary/aromatic N) is 3. The van der Waals surface area contributed by atoms with Crippen molar-refractivity contribution in [2.45, 2.75) is 44.4 Å². The van der Waals surface area contributed by atoms with Gasteiger partial charge in [0.25, 0.3) is 5.89 Å². The fraction of sp³-hybridized carbons (Fsp3) is 0.400. The Kier molecular flexibility index (Phi) is 5.11. The van der Waals surface area contributed by atoms with E-state index in [4.69, 9.17) is 4.42 Å². The standard InChI is InChI=1S/C20H23N3O3S2/c1-13-10-14(2)18(15(3)11-13)28(24,25)23-8-4-6-16(12-23)19-21-22-20(26-19)17-7-5-9-27-17/h5,7,9-11,16H,4,6,8,12H2,1-3H3. The van der Waals surface area contributed by atoms with Crippen molar-refractivity contribution in [1.82, 2.24) is 14.5 Å². The summed E-state index contributed by atoms with van der Waals surface area (Å²) in [7, 11) is -3.57. The summed E-state index contributed by atoms with van der Waals surface area (Å²) in [5, 5.41) is 10.3. The number of aromatic nitrogens is 2. The molecule has 0 aliphatic carbocycles. The van der Waals surface area contributed by atoms with Gasteiger partial charge in [-0.2, -0.15) is 4.31 Å². The molecule has 28 heavy (non-hydrogen) atoms. The Morgan fingerprint density at radius 3 is 2.61 bits per heavy atom. The average molecular weight is 418 g/mol. The molecule has 6 nitrogen and oxygen atoms in total. The summed E-state index contributed by atoms with van der Waals surface area (Å²) in [6.45, 7) is 6.58. The Labute approximate surface area is 169 Å². The first kappa shape index (κ1) is 19.3. The molecular weight excluding hydrogens is 394 g/mol. The van der Waals surface area contributed by atoms with Crippen molar-refractivity contribution < 1.29 is 12.8 Å². The van der Waals surface area contributed by atoms with Gasteiger partial charge in [-0.25, -0.2) is 8.42 Å². The third-order valence-electron chi connectivity index (χ3n) is 5.11. The molecular formula is C20H23N3O3S2. The number of aryl methyl sites for hydroxylation is 3. The van der Waals surface area contributed by atoms with E-state index in [-0.39, 0.29) is 5.92 Å². The molecule has 1 aromatic carbocycles. The fourth-order valence-electron chi connectivity index (χ4n) is 3.96. The normalized spacial score (nSPS) is 18.5. The number of rotatable bonds is 4. The molecule has 8 heteroatoms. The summed E-state index contributed by atoms with van der Waals surface area (Å²) in [5.74, 6) is 0.923. The minimum absolute atomic E-state index is 0.0872. The molecule has 1 aliphatic heterocycles. The van der Waals surface area contributed by atoms with Crippen molar-refractivity contribution in [2.24, 2.45) is 0 Å². The van der Waals surface area contributed by atoms with Gasteiger partial charge in [-0.15, -0.1) is 21.5 Å². The lowest BCUT2D eigenvalue weighted by atomic mass is 10.00. The van der Waals surface area contributed by atoms with Crippen molar-refractivity contribution in [3.63, 3.8) is 0 Å². The van der Waals surface area contributed by atoms with Crippen LogP contribution in [0.25, 0.3) is 10.8 Å². The van der Waals surface area contributed by atoms with Gasteiger partial charge in [0.05, 0.1) is 15.7 Å². The third kappa shape index (κ3) is 3.52. The van der Waals surface area contributed by atoms with Gasteiger partial charge >= 0.3 is 0 Å². The van der Waals surface area contributed by atoms with Gasteiger partial charge in [0.1, 0.15) is 0 Å². The quantitative estimate of drug-likeness (QED) is 0.633. The van der Waals surface area contributed by atoms with E-state index in [0.717, 1.165) is 34.4 Å². The van der Waals surface area contributed by atoms with Gasteiger partial charge < -0.3 is 4.42 Å². The highest BCUT2D eigenvalue weighted by atomic mass is 32.2. The average Bonchev–Trinajstić information content (AvgIpc) is 3.32. The van der Waals surface area contributed by atoms with Crippen LogP contribution in [0.1, 0.15) is 41.3 Å². The molecule has 3 heterocycles. The molecule has 1 atom stereocenters. The minimum atomic E-state index is -3.57. The van der Waals surface area contributed by atoms with Crippen LogP contribution in [0.3, 0.4) is 0 Å². The molecule has 2 aromatic heterocycles. The molecule has 0 N–H and O–H groups in total. The van der Waals surface area contributed by atoms with Crippen LogP contribution in [0, 0.1) is 20.8 Å². The summed E-state index contributed by atoms with van der Waals surface area (Å²) in [5.41, 5.74) is 2.65. The van der Waals surface area contributed by atoms with Gasteiger partial charge in [0.2, 0.25) is 15.9 Å². The molecule has 1 unspecified atom stereocenters. The second kappa shape index (κ2) is 7.42. The van der Waals surface area contributed by atoms with E-state index >= 15 is 0 Å². The Bertz CT molecular complexity index is 1060. The first-order valence-electron chi connectivity index (χ1n) is 9.31. The fourth-order valence-corrected chi connectivity index (χ4v) is 6.54. The summed E-state index contributed by atoms with van der Waals surface area (Å²) in [4.78, 5) is 1.34. The smallest absolute Gasteiger partial charge is 0.257 e. The van der Waals surface area contributed by atoms with Crippen molar-refractivity contribution in [2.75, 3.05) is 13.1 Å². The Balaban J connectivity index is 1.60. The van der Waals surface area contributed by atoms with Crippen molar-refractivity contribution in [3.8, 4) is 10.8 Å². The zero-order chi connectivity index (χ0) is 19.9. The third-order valence-corrected chi connectivity index (χ3v) is 8.14. The largest absolute Gasteiger partial charge is 0.420 e. The Morgan fingerprint density at radius 1 is 1.18 bits per heavy atom. The predicted molar refractivity (Wildman–Crippen MR) is 109 cm³/mol. The van der Waals surface area contributed by atoms with Gasteiger partial charge in [0, 0.05) is 13.1 Å². The maximum absolute atomic E-state index is 13.4. The van der Waals surface area contributed by atoms with Crippen LogP contribution in [0.15, 0.2) is 39.0 Å². The molecule has 3 aromatic rings. The van der Waals surface area contributed by atoms with E-state index in [1.165, 1.54) is 11.3 Å². The van der Waals surface area contributed by atoms with E-state index in [2.05, 4.69) is 10.2 Å². The molecule has 4 rings (SSSR count).